The molecule has 5 heteroatoms. The number of carboxylic acids is 1. The van der Waals surface area contributed by atoms with Gasteiger partial charge in [0.1, 0.15) is 0 Å². The molecule has 0 saturated carbocycles. The lowest BCUT2D eigenvalue weighted by Crippen LogP contribution is -2.10. The molecule has 0 saturated heterocycles. The number of nitrogens with two attached hydrogens (primary N) is 2. The van der Waals surface area contributed by atoms with Crippen molar-refractivity contribution in [3.05, 3.63) is 35.0 Å². The first kappa shape index (κ1) is 16.5. The summed E-state index contributed by atoms with van der Waals surface area (Å²) in [6.07, 6.45) is 3.84. The number of hydrogen-bond donors (Lipinski definition) is 3. The highest BCUT2D eigenvalue weighted by molar-refractivity contribution is 5.97. The molecule has 0 aliphatic carbocycles. The van der Waals surface area contributed by atoms with Crippen LogP contribution in [-0.4, -0.2) is 28.7 Å². The molecule has 0 aliphatic heterocycles. The Morgan fingerprint density at radius 1 is 1.27 bits per heavy atom. The summed E-state index contributed by atoms with van der Waals surface area (Å²) < 4.78 is 2.15. The predicted molar refractivity (Wildman–Crippen MR) is 89.4 cm³/mol. The fourth-order valence-electron chi connectivity index (χ4n) is 2.92. The first-order valence-electron chi connectivity index (χ1n) is 7.78. The quantitative estimate of drug-likeness (QED) is 0.731. The molecule has 5 N–H and O–H groups in total. The number of rotatable bonds is 7. The number of aromatic nitrogens is 1. The molecule has 22 heavy (non-hydrogen) atoms. The Morgan fingerprint density at radius 2 is 2.00 bits per heavy atom. The fraction of sp³-hybridized carbons (Fsp3) is 0.471. The highest BCUT2D eigenvalue weighted by atomic mass is 16.4. The van der Waals surface area contributed by atoms with Gasteiger partial charge in [0, 0.05) is 24.7 Å². The molecular formula is C17H25N3O2. The van der Waals surface area contributed by atoms with Gasteiger partial charge in [-0.1, -0.05) is 13.8 Å². The molecule has 0 atom stereocenters. The summed E-state index contributed by atoms with van der Waals surface area (Å²) in [4.78, 5) is 11.4. The summed E-state index contributed by atoms with van der Waals surface area (Å²) in [7, 11) is 0. The number of hydrogen-bond acceptors (Lipinski definition) is 3. The van der Waals surface area contributed by atoms with Crippen molar-refractivity contribution in [3.63, 3.8) is 0 Å². The topological polar surface area (TPSA) is 94.3 Å². The Balaban J connectivity index is 2.72. The second kappa shape index (κ2) is 6.94. The third-order valence-corrected chi connectivity index (χ3v) is 3.97. The number of benzene rings is 1. The second-order valence-corrected chi connectivity index (χ2v) is 5.95. The molecule has 2 rings (SSSR count). The highest BCUT2D eigenvalue weighted by Crippen LogP contribution is 2.31. The Morgan fingerprint density at radius 3 is 2.55 bits per heavy atom. The lowest BCUT2D eigenvalue weighted by molar-refractivity contribution is 0.0697. The van der Waals surface area contributed by atoms with Crippen molar-refractivity contribution < 1.29 is 9.90 Å². The molecule has 1 aromatic carbocycles. The highest BCUT2D eigenvalue weighted by Gasteiger charge is 2.17. The maximum absolute atomic E-state index is 11.4. The molecule has 2 aromatic rings. The van der Waals surface area contributed by atoms with Gasteiger partial charge in [0.05, 0.1) is 11.1 Å². The van der Waals surface area contributed by atoms with Crippen LogP contribution in [-0.2, 0) is 13.0 Å². The smallest absolute Gasteiger partial charge is 0.335 e. The lowest BCUT2D eigenvalue weighted by atomic mass is 9.95. The van der Waals surface area contributed by atoms with E-state index >= 15 is 0 Å². The van der Waals surface area contributed by atoms with Crippen molar-refractivity contribution in [2.24, 2.45) is 11.5 Å². The third-order valence-electron chi connectivity index (χ3n) is 3.97. The third kappa shape index (κ3) is 3.15. The largest absolute Gasteiger partial charge is 0.478 e. The van der Waals surface area contributed by atoms with Crippen LogP contribution in [0.4, 0.5) is 0 Å². The van der Waals surface area contributed by atoms with Gasteiger partial charge in [-0.15, -0.1) is 0 Å². The molecule has 0 unspecified atom stereocenters. The van der Waals surface area contributed by atoms with Crippen molar-refractivity contribution >= 4 is 16.9 Å². The number of nitrogens with zero attached hydrogens (tertiary/aromatic N) is 1. The minimum absolute atomic E-state index is 0.246. The standard InChI is InChI=1S/C17H25N3O2/c1-11(2)14-8-13(17(21)22)9-15-12(4-3-5-18)10-20(7-6-19)16(14)15/h8-11H,3-7,18-19H2,1-2H3,(H,21,22). The van der Waals surface area contributed by atoms with Crippen LogP contribution in [0, 0.1) is 0 Å². The fourth-order valence-corrected chi connectivity index (χ4v) is 2.92. The van der Waals surface area contributed by atoms with Gasteiger partial charge in [0.15, 0.2) is 0 Å². The van der Waals surface area contributed by atoms with Crippen LogP contribution < -0.4 is 11.5 Å². The van der Waals surface area contributed by atoms with Crippen molar-refractivity contribution in [3.8, 4) is 0 Å². The van der Waals surface area contributed by atoms with E-state index in [-0.39, 0.29) is 5.92 Å². The molecule has 1 heterocycles. The summed E-state index contributed by atoms with van der Waals surface area (Å²) in [5.74, 6) is -0.643. The normalized spacial score (nSPS) is 11.5. The first-order chi connectivity index (χ1) is 10.5. The number of fused-ring (bicyclic) bond motifs is 1. The van der Waals surface area contributed by atoms with E-state index in [0.717, 1.165) is 41.4 Å². The van der Waals surface area contributed by atoms with E-state index in [1.807, 2.05) is 0 Å². The van der Waals surface area contributed by atoms with Crippen LogP contribution in [0.3, 0.4) is 0 Å². The number of carboxylic acid groups (broad SMARTS) is 1. The zero-order chi connectivity index (χ0) is 16.3. The zero-order valence-corrected chi connectivity index (χ0v) is 13.3. The molecule has 0 aliphatic rings. The average molecular weight is 303 g/mol. The molecule has 0 amide bonds. The first-order valence-corrected chi connectivity index (χ1v) is 7.78. The minimum Gasteiger partial charge on any atom is -0.478 e. The molecule has 0 spiro atoms. The SMILES string of the molecule is CC(C)c1cc(C(=O)O)cc2c(CCCN)cn(CCN)c12. The summed E-state index contributed by atoms with van der Waals surface area (Å²) in [5.41, 5.74) is 15.0. The molecule has 0 radical (unpaired) electrons. The van der Waals surface area contributed by atoms with Crippen LogP contribution in [0.25, 0.3) is 10.9 Å². The summed E-state index contributed by atoms with van der Waals surface area (Å²) in [5, 5.41) is 10.4. The Kier molecular flexibility index (Phi) is 5.21. The van der Waals surface area contributed by atoms with Gasteiger partial charge in [-0.25, -0.2) is 4.79 Å². The second-order valence-electron chi connectivity index (χ2n) is 5.95. The molecule has 0 bridgehead atoms. The van der Waals surface area contributed by atoms with E-state index < -0.39 is 5.97 Å². The summed E-state index contributed by atoms with van der Waals surface area (Å²) in [6, 6.07) is 3.57. The molecule has 5 nitrogen and oxygen atoms in total. The zero-order valence-electron chi connectivity index (χ0n) is 13.3. The van der Waals surface area contributed by atoms with E-state index in [0.29, 0.717) is 18.7 Å². The number of aryl methyl sites for hydroxylation is 1. The predicted octanol–water partition coefficient (Wildman–Crippen LogP) is 2.31. The monoisotopic (exact) mass is 303 g/mol. The van der Waals surface area contributed by atoms with Gasteiger partial charge >= 0.3 is 5.97 Å². The maximum atomic E-state index is 11.4. The Hall–Kier alpha value is -1.85. The van der Waals surface area contributed by atoms with Crippen LogP contribution in [0.5, 0.6) is 0 Å². The number of aromatic carboxylic acids is 1. The van der Waals surface area contributed by atoms with Crippen molar-refractivity contribution in [1.82, 2.24) is 4.57 Å². The molecular weight excluding hydrogens is 278 g/mol. The van der Waals surface area contributed by atoms with Crippen LogP contribution in [0.1, 0.15) is 47.7 Å². The summed E-state index contributed by atoms with van der Waals surface area (Å²) in [6.45, 7) is 6.07. The Labute approximate surface area is 130 Å². The van der Waals surface area contributed by atoms with E-state index in [9.17, 15) is 9.90 Å². The molecule has 0 fully saturated rings. The molecule has 1 aromatic heterocycles. The average Bonchev–Trinajstić information content (AvgIpc) is 2.82. The van der Waals surface area contributed by atoms with Gasteiger partial charge in [-0.05, 0) is 48.6 Å². The number of carbonyl (C=O) groups is 1. The minimum atomic E-state index is -0.889. The molecule has 120 valence electrons. The van der Waals surface area contributed by atoms with Crippen molar-refractivity contribution in [2.45, 2.75) is 39.2 Å². The van der Waals surface area contributed by atoms with E-state index in [1.54, 1.807) is 12.1 Å². The maximum Gasteiger partial charge on any atom is 0.335 e. The van der Waals surface area contributed by atoms with E-state index in [4.69, 9.17) is 11.5 Å². The van der Waals surface area contributed by atoms with E-state index in [1.165, 1.54) is 0 Å². The van der Waals surface area contributed by atoms with Crippen LogP contribution in [0.2, 0.25) is 0 Å². The lowest BCUT2D eigenvalue weighted by Gasteiger charge is -2.13. The van der Waals surface area contributed by atoms with E-state index in [2.05, 4.69) is 24.6 Å². The van der Waals surface area contributed by atoms with Gasteiger partial charge < -0.3 is 21.1 Å². The van der Waals surface area contributed by atoms with Crippen LogP contribution >= 0.6 is 0 Å². The van der Waals surface area contributed by atoms with Crippen molar-refractivity contribution in [2.75, 3.05) is 13.1 Å². The van der Waals surface area contributed by atoms with Gasteiger partial charge in [0.25, 0.3) is 0 Å². The van der Waals surface area contributed by atoms with Gasteiger partial charge in [-0.3, -0.25) is 0 Å². The van der Waals surface area contributed by atoms with Gasteiger partial charge in [0.2, 0.25) is 0 Å². The summed E-state index contributed by atoms with van der Waals surface area (Å²) >= 11 is 0. The van der Waals surface area contributed by atoms with Crippen molar-refractivity contribution in [1.29, 1.82) is 0 Å². The van der Waals surface area contributed by atoms with Gasteiger partial charge in [-0.2, -0.15) is 0 Å². The van der Waals surface area contributed by atoms with Crippen LogP contribution in [0.15, 0.2) is 18.3 Å². The Bertz CT molecular complexity index is 674.